The van der Waals surface area contributed by atoms with E-state index in [1.165, 1.54) is 0 Å². The van der Waals surface area contributed by atoms with E-state index in [-0.39, 0.29) is 17.7 Å². The van der Waals surface area contributed by atoms with Crippen molar-refractivity contribution in [3.63, 3.8) is 0 Å². The van der Waals surface area contributed by atoms with E-state index in [1.807, 2.05) is 62.1 Å². The fraction of sp³-hybridized carbons (Fsp3) is 0.360. The molecule has 2 N–H and O–H groups in total. The number of phenols is 1. The average molecular weight is 436 g/mol. The summed E-state index contributed by atoms with van der Waals surface area (Å²) in [5.41, 5.74) is 5.24. The largest absolute Gasteiger partial charge is 0.507 e. The van der Waals surface area contributed by atoms with Crippen molar-refractivity contribution in [3.05, 3.63) is 64.3 Å². The number of aromatic hydroxyl groups is 1. The van der Waals surface area contributed by atoms with Crippen LogP contribution in [0.4, 0.5) is 0 Å². The van der Waals surface area contributed by atoms with Gasteiger partial charge in [-0.2, -0.15) is 5.10 Å². The van der Waals surface area contributed by atoms with E-state index < -0.39 is 0 Å². The molecule has 1 amide bonds. The summed E-state index contributed by atoms with van der Waals surface area (Å²) in [5.74, 6) is 0.865. The van der Waals surface area contributed by atoms with Crippen LogP contribution in [0.25, 0.3) is 11.3 Å². The lowest BCUT2D eigenvalue weighted by Gasteiger charge is -2.26. The number of benzene rings is 2. The molecule has 0 radical (unpaired) electrons. The smallest absolute Gasteiger partial charge is 0.273 e. The van der Waals surface area contributed by atoms with Crippen molar-refractivity contribution in [2.24, 2.45) is 0 Å². The first kappa shape index (κ1) is 21.9. The molecule has 0 fully saturated rings. The number of H-pyrrole nitrogens is 1. The van der Waals surface area contributed by atoms with Crippen LogP contribution in [-0.4, -0.2) is 53.0 Å². The van der Waals surface area contributed by atoms with E-state index in [2.05, 4.69) is 10.2 Å². The van der Waals surface area contributed by atoms with Crippen molar-refractivity contribution < 1.29 is 19.4 Å². The molecule has 3 aromatic rings. The SMILES string of the molecule is CCOc1ccc(C2c3c(-c4cc(C)cc(C)c4O)n[nH]c3C(=O)N2CCCOC)cc1. The molecule has 0 saturated heterocycles. The fourth-order valence-electron chi connectivity index (χ4n) is 4.41. The molecule has 7 nitrogen and oxygen atoms in total. The third-order valence-electron chi connectivity index (χ3n) is 5.82. The lowest BCUT2D eigenvalue weighted by molar-refractivity contribution is 0.0723. The van der Waals surface area contributed by atoms with Gasteiger partial charge in [-0.25, -0.2) is 0 Å². The zero-order valence-corrected chi connectivity index (χ0v) is 18.9. The second-order valence-corrected chi connectivity index (χ2v) is 8.09. The number of aryl methyl sites for hydroxylation is 2. The second-order valence-electron chi connectivity index (χ2n) is 8.09. The number of hydrogen-bond acceptors (Lipinski definition) is 5. The van der Waals surface area contributed by atoms with Gasteiger partial charge in [0.05, 0.1) is 12.6 Å². The average Bonchev–Trinajstić information content (AvgIpc) is 3.31. The van der Waals surface area contributed by atoms with Gasteiger partial charge in [0, 0.05) is 31.4 Å². The molecule has 1 unspecified atom stereocenters. The van der Waals surface area contributed by atoms with Crippen LogP contribution in [0.15, 0.2) is 36.4 Å². The molecule has 1 atom stereocenters. The highest BCUT2D eigenvalue weighted by Crippen LogP contribution is 2.45. The molecule has 32 heavy (non-hydrogen) atoms. The van der Waals surface area contributed by atoms with Crippen LogP contribution in [-0.2, 0) is 4.74 Å². The summed E-state index contributed by atoms with van der Waals surface area (Å²) in [6, 6.07) is 11.3. The van der Waals surface area contributed by atoms with E-state index in [0.29, 0.717) is 36.7 Å². The van der Waals surface area contributed by atoms with Gasteiger partial charge in [-0.15, -0.1) is 0 Å². The van der Waals surface area contributed by atoms with E-state index in [1.54, 1.807) is 7.11 Å². The normalized spacial score (nSPS) is 15.3. The second kappa shape index (κ2) is 9.04. The Balaban J connectivity index is 1.83. The maximum Gasteiger partial charge on any atom is 0.273 e. The number of amides is 1. The summed E-state index contributed by atoms with van der Waals surface area (Å²) >= 11 is 0. The number of methoxy groups -OCH3 is 1. The van der Waals surface area contributed by atoms with Crippen molar-refractivity contribution >= 4 is 5.91 Å². The molecular formula is C25H29N3O4. The van der Waals surface area contributed by atoms with Gasteiger partial charge in [0.2, 0.25) is 0 Å². The Morgan fingerprint density at radius 2 is 1.94 bits per heavy atom. The van der Waals surface area contributed by atoms with Crippen LogP contribution in [0.5, 0.6) is 11.5 Å². The van der Waals surface area contributed by atoms with Crippen molar-refractivity contribution in [1.82, 2.24) is 15.1 Å². The summed E-state index contributed by atoms with van der Waals surface area (Å²) in [5, 5.41) is 18.2. The van der Waals surface area contributed by atoms with E-state index in [9.17, 15) is 9.90 Å². The first-order valence-electron chi connectivity index (χ1n) is 10.9. The molecule has 7 heteroatoms. The van der Waals surface area contributed by atoms with Crippen molar-refractivity contribution in [2.75, 3.05) is 26.9 Å². The lowest BCUT2D eigenvalue weighted by Crippen LogP contribution is -2.31. The maximum atomic E-state index is 13.3. The predicted octanol–water partition coefficient (Wildman–Crippen LogP) is 4.38. The quantitative estimate of drug-likeness (QED) is 0.513. The first-order valence-corrected chi connectivity index (χ1v) is 10.9. The molecule has 1 aromatic heterocycles. The molecular weight excluding hydrogens is 406 g/mol. The number of phenolic OH excluding ortho intramolecular Hbond substituents is 1. The van der Waals surface area contributed by atoms with Crippen molar-refractivity contribution in [1.29, 1.82) is 0 Å². The molecule has 1 aliphatic rings. The van der Waals surface area contributed by atoms with Crippen LogP contribution >= 0.6 is 0 Å². The molecule has 4 rings (SSSR count). The molecule has 0 aliphatic carbocycles. The van der Waals surface area contributed by atoms with Crippen LogP contribution in [0.1, 0.15) is 52.1 Å². The number of nitrogens with one attached hydrogen (secondary N) is 1. The first-order chi connectivity index (χ1) is 15.5. The standard InChI is InChI=1S/C25H29N3O4/c1-5-32-18-9-7-17(8-10-18)23-20-21(19-14-15(2)13-16(3)24(19)29)26-27-22(20)25(30)28(23)11-6-12-31-4/h7-10,13-14,23,29H,5-6,11-12H2,1-4H3,(H,26,27). The highest BCUT2D eigenvalue weighted by Gasteiger charge is 2.42. The minimum absolute atomic E-state index is 0.0994. The van der Waals surface area contributed by atoms with Gasteiger partial charge in [-0.1, -0.05) is 18.2 Å². The molecule has 0 spiro atoms. The third-order valence-corrected chi connectivity index (χ3v) is 5.82. The van der Waals surface area contributed by atoms with Crippen LogP contribution in [0.2, 0.25) is 0 Å². The van der Waals surface area contributed by atoms with Crippen molar-refractivity contribution in [2.45, 2.75) is 33.2 Å². The summed E-state index contributed by atoms with van der Waals surface area (Å²) in [7, 11) is 1.66. The minimum Gasteiger partial charge on any atom is -0.507 e. The highest BCUT2D eigenvalue weighted by molar-refractivity contribution is 6.00. The van der Waals surface area contributed by atoms with E-state index >= 15 is 0 Å². The van der Waals surface area contributed by atoms with Gasteiger partial charge in [0.25, 0.3) is 5.91 Å². The number of ether oxygens (including phenoxy) is 2. The van der Waals surface area contributed by atoms with Gasteiger partial charge in [-0.3, -0.25) is 9.89 Å². The molecule has 168 valence electrons. The van der Waals surface area contributed by atoms with Gasteiger partial charge < -0.3 is 19.5 Å². The Morgan fingerprint density at radius 3 is 2.62 bits per heavy atom. The molecule has 0 bridgehead atoms. The Labute approximate surface area is 188 Å². The number of aromatic nitrogens is 2. The van der Waals surface area contributed by atoms with Crippen LogP contribution in [0, 0.1) is 13.8 Å². The zero-order chi connectivity index (χ0) is 22.8. The molecule has 2 heterocycles. The lowest BCUT2D eigenvalue weighted by atomic mass is 9.94. The maximum absolute atomic E-state index is 13.3. The molecule has 2 aromatic carbocycles. The summed E-state index contributed by atoms with van der Waals surface area (Å²) in [4.78, 5) is 15.2. The van der Waals surface area contributed by atoms with Crippen LogP contribution in [0.3, 0.4) is 0 Å². The Morgan fingerprint density at radius 1 is 1.19 bits per heavy atom. The van der Waals surface area contributed by atoms with Crippen LogP contribution < -0.4 is 4.74 Å². The number of fused-ring (bicyclic) bond motifs is 1. The monoisotopic (exact) mass is 435 g/mol. The Hall–Kier alpha value is -3.32. The van der Waals surface area contributed by atoms with Crippen molar-refractivity contribution in [3.8, 4) is 22.8 Å². The molecule has 0 saturated carbocycles. The number of nitrogens with zero attached hydrogens (tertiary/aromatic N) is 2. The summed E-state index contributed by atoms with van der Waals surface area (Å²) in [6.07, 6.45) is 0.720. The minimum atomic E-state index is -0.320. The topological polar surface area (TPSA) is 87.7 Å². The number of hydrogen-bond donors (Lipinski definition) is 2. The van der Waals surface area contributed by atoms with E-state index in [4.69, 9.17) is 9.47 Å². The Kier molecular flexibility index (Phi) is 6.19. The summed E-state index contributed by atoms with van der Waals surface area (Å²) < 4.78 is 10.8. The number of aromatic amines is 1. The molecule has 1 aliphatic heterocycles. The van der Waals surface area contributed by atoms with Gasteiger partial charge in [-0.05, 0) is 62.1 Å². The number of rotatable bonds is 8. The third kappa shape index (κ3) is 3.84. The number of carbonyl (C=O) groups excluding carboxylic acids is 1. The number of carbonyl (C=O) groups is 1. The van der Waals surface area contributed by atoms with Gasteiger partial charge in [0.1, 0.15) is 22.9 Å². The van der Waals surface area contributed by atoms with E-state index in [0.717, 1.165) is 34.4 Å². The fourth-order valence-corrected chi connectivity index (χ4v) is 4.41. The van der Waals surface area contributed by atoms with Gasteiger partial charge in [0.15, 0.2) is 0 Å². The zero-order valence-electron chi connectivity index (χ0n) is 18.9. The predicted molar refractivity (Wildman–Crippen MR) is 122 cm³/mol. The Bertz CT molecular complexity index is 1120. The highest BCUT2D eigenvalue weighted by atomic mass is 16.5. The summed E-state index contributed by atoms with van der Waals surface area (Å²) in [6.45, 7) is 7.50. The van der Waals surface area contributed by atoms with Gasteiger partial charge >= 0.3 is 0 Å².